The zero-order chi connectivity index (χ0) is 11.7. The average Bonchev–Trinajstić information content (AvgIpc) is 3.15. The number of ether oxygens (including phenoxy) is 3. The summed E-state index contributed by atoms with van der Waals surface area (Å²) in [5.74, 6) is 1.18. The number of amides is 1. The van der Waals surface area contributed by atoms with Crippen LogP contribution in [-0.2, 0) is 4.74 Å². The molecule has 2 aliphatic heterocycles. The van der Waals surface area contributed by atoms with Gasteiger partial charge in [0.2, 0.25) is 0 Å². The molecule has 0 bridgehead atoms. The zero-order valence-electron chi connectivity index (χ0n) is 9.27. The summed E-state index contributed by atoms with van der Waals surface area (Å²) in [7, 11) is 0. The van der Waals surface area contributed by atoms with E-state index >= 15 is 0 Å². The van der Waals surface area contributed by atoms with E-state index in [-0.39, 0.29) is 12.0 Å². The molecular formula is C12H13NO4. The highest BCUT2D eigenvalue weighted by Crippen LogP contribution is 2.26. The molecule has 1 aromatic carbocycles. The second kappa shape index (κ2) is 4.25. The molecule has 5 nitrogen and oxygen atoms in total. The van der Waals surface area contributed by atoms with Crippen molar-refractivity contribution in [1.82, 2.24) is 5.32 Å². The molecule has 1 aromatic rings. The van der Waals surface area contributed by atoms with E-state index in [1.165, 1.54) is 0 Å². The Bertz CT molecular complexity index is 442. The van der Waals surface area contributed by atoms with Crippen LogP contribution in [0.4, 0.5) is 0 Å². The maximum absolute atomic E-state index is 11.6. The standard InChI is InChI=1S/C12H13NO4/c14-12-10-2-1-8(16-6-9-7-17-9)5-11(10)15-4-3-13-12/h1-2,5,9H,3-4,6-7H2,(H,13,14). The van der Waals surface area contributed by atoms with Crippen molar-refractivity contribution in [2.24, 2.45) is 0 Å². The van der Waals surface area contributed by atoms with E-state index in [2.05, 4.69) is 5.32 Å². The van der Waals surface area contributed by atoms with E-state index < -0.39 is 0 Å². The lowest BCUT2D eigenvalue weighted by Gasteiger charge is -2.09. The number of epoxide rings is 1. The van der Waals surface area contributed by atoms with Crippen LogP contribution in [0.3, 0.4) is 0 Å². The molecule has 1 N–H and O–H groups in total. The Labute approximate surface area is 98.7 Å². The Balaban J connectivity index is 1.78. The van der Waals surface area contributed by atoms with Crippen molar-refractivity contribution in [2.45, 2.75) is 6.10 Å². The molecule has 0 spiro atoms. The van der Waals surface area contributed by atoms with E-state index in [1.807, 2.05) is 0 Å². The Morgan fingerprint density at radius 3 is 3.18 bits per heavy atom. The summed E-state index contributed by atoms with van der Waals surface area (Å²) in [6, 6.07) is 5.25. The molecular weight excluding hydrogens is 222 g/mol. The van der Waals surface area contributed by atoms with Gasteiger partial charge in [0, 0.05) is 6.07 Å². The number of fused-ring (bicyclic) bond motifs is 1. The molecule has 0 radical (unpaired) electrons. The summed E-state index contributed by atoms with van der Waals surface area (Å²) < 4.78 is 16.1. The van der Waals surface area contributed by atoms with Gasteiger partial charge in [-0.15, -0.1) is 0 Å². The second-order valence-corrected chi connectivity index (χ2v) is 4.03. The van der Waals surface area contributed by atoms with E-state index in [0.717, 1.165) is 6.61 Å². The van der Waals surface area contributed by atoms with Crippen molar-refractivity contribution in [3.8, 4) is 11.5 Å². The van der Waals surface area contributed by atoms with Crippen molar-refractivity contribution in [3.63, 3.8) is 0 Å². The van der Waals surface area contributed by atoms with Crippen LogP contribution in [0.15, 0.2) is 18.2 Å². The fourth-order valence-electron chi connectivity index (χ4n) is 1.67. The minimum absolute atomic E-state index is 0.102. The summed E-state index contributed by atoms with van der Waals surface area (Å²) >= 11 is 0. The van der Waals surface area contributed by atoms with Gasteiger partial charge in [0.25, 0.3) is 5.91 Å². The zero-order valence-corrected chi connectivity index (χ0v) is 9.27. The van der Waals surface area contributed by atoms with Gasteiger partial charge in [-0.3, -0.25) is 4.79 Å². The summed E-state index contributed by atoms with van der Waals surface area (Å²) in [6.45, 7) is 2.32. The minimum atomic E-state index is -0.102. The fourth-order valence-corrected chi connectivity index (χ4v) is 1.67. The molecule has 1 amide bonds. The number of rotatable bonds is 3. The molecule has 1 fully saturated rings. The molecule has 1 atom stereocenters. The normalized spacial score (nSPS) is 21.9. The number of nitrogens with one attached hydrogen (secondary N) is 1. The molecule has 2 aliphatic rings. The Kier molecular flexibility index (Phi) is 2.60. The first-order chi connectivity index (χ1) is 8.33. The lowest BCUT2D eigenvalue weighted by molar-refractivity contribution is 0.0957. The minimum Gasteiger partial charge on any atom is -0.491 e. The summed E-state index contributed by atoms with van der Waals surface area (Å²) in [6.07, 6.45) is 0.220. The third-order valence-electron chi connectivity index (χ3n) is 2.68. The van der Waals surface area contributed by atoms with E-state index in [1.54, 1.807) is 18.2 Å². The summed E-state index contributed by atoms with van der Waals surface area (Å²) in [5.41, 5.74) is 0.553. The van der Waals surface area contributed by atoms with Crippen LogP contribution in [0, 0.1) is 0 Å². The van der Waals surface area contributed by atoms with Gasteiger partial charge in [-0.2, -0.15) is 0 Å². The predicted octanol–water partition coefficient (Wildman–Crippen LogP) is 0.586. The lowest BCUT2D eigenvalue weighted by Crippen LogP contribution is -2.24. The number of carbonyl (C=O) groups excluding carboxylic acids is 1. The number of benzene rings is 1. The Hall–Kier alpha value is -1.75. The molecule has 2 heterocycles. The van der Waals surface area contributed by atoms with Gasteiger partial charge >= 0.3 is 0 Å². The second-order valence-electron chi connectivity index (χ2n) is 4.03. The van der Waals surface area contributed by atoms with Crippen molar-refractivity contribution in [3.05, 3.63) is 23.8 Å². The highest BCUT2D eigenvalue weighted by atomic mass is 16.6. The van der Waals surface area contributed by atoms with Crippen LogP contribution in [0.1, 0.15) is 10.4 Å². The van der Waals surface area contributed by atoms with Crippen LogP contribution in [0.2, 0.25) is 0 Å². The molecule has 17 heavy (non-hydrogen) atoms. The number of hydrogen-bond acceptors (Lipinski definition) is 4. The molecule has 1 saturated heterocycles. The Morgan fingerprint density at radius 2 is 2.35 bits per heavy atom. The van der Waals surface area contributed by atoms with Crippen molar-refractivity contribution in [1.29, 1.82) is 0 Å². The molecule has 5 heteroatoms. The van der Waals surface area contributed by atoms with E-state index in [9.17, 15) is 4.79 Å². The van der Waals surface area contributed by atoms with E-state index in [4.69, 9.17) is 14.2 Å². The first-order valence-corrected chi connectivity index (χ1v) is 5.62. The fraction of sp³-hybridized carbons (Fsp3) is 0.417. The van der Waals surface area contributed by atoms with Crippen LogP contribution >= 0.6 is 0 Å². The largest absolute Gasteiger partial charge is 0.491 e. The summed E-state index contributed by atoms with van der Waals surface area (Å²) in [4.78, 5) is 11.6. The molecule has 1 unspecified atom stereocenters. The molecule has 0 saturated carbocycles. The lowest BCUT2D eigenvalue weighted by atomic mass is 10.2. The third kappa shape index (κ3) is 2.34. The quantitative estimate of drug-likeness (QED) is 0.779. The van der Waals surface area contributed by atoms with Gasteiger partial charge in [-0.05, 0) is 12.1 Å². The van der Waals surface area contributed by atoms with Crippen molar-refractivity contribution < 1.29 is 19.0 Å². The molecule has 0 aromatic heterocycles. The van der Waals surface area contributed by atoms with Gasteiger partial charge in [0.15, 0.2) is 0 Å². The highest BCUT2D eigenvalue weighted by molar-refractivity contribution is 5.97. The first-order valence-electron chi connectivity index (χ1n) is 5.62. The maximum Gasteiger partial charge on any atom is 0.255 e. The van der Waals surface area contributed by atoms with Gasteiger partial charge in [0.1, 0.15) is 30.8 Å². The van der Waals surface area contributed by atoms with Crippen LogP contribution in [0.5, 0.6) is 11.5 Å². The molecule has 3 rings (SSSR count). The van der Waals surface area contributed by atoms with Crippen LogP contribution in [-0.4, -0.2) is 38.4 Å². The smallest absolute Gasteiger partial charge is 0.255 e. The Morgan fingerprint density at radius 1 is 1.47 bits per heavy atom. The van der Waals surface area contributed by atoms with Gasteiger partial charge in [-0.25, -0.2) is 0 Å². The average molecular weight is 235 g/mol. The van der Waals surface area contributed by atoms with Crippen LogP contribution < -0.4 is 14.8 Å². The molecule has 0 aliphatic carbocycles. The highest BCUT2D eigenvalue weighted by Gasteiger charge is 2.23. The predicted molar refractivity (Wildman–Crippen MR) is 59.5 cm³/mol. The first kappa shape index (κ1) is 10.4. The number of hydrogen-bond donors (Lipinski definition) is 1. The van der Waals surface area contributed by atoms with E-state index in [0.29, 0.717) is 36.8 Å². The maximum atomic E-state index is 11.6. The third-order valence-corrected chi connectivity index (χ3v) is 2.68. The van der Waals surface area contributed by atoms with Crippen LogP contribution in [0.25, 0.3) is 0 Å². The van der Waals surface area contributed by atoms with Gasteiger partial charge in [0.05, 0.1) is 18.7 Å². The number of carbonyl (C=O) groups is 1. The van der Waals surface area contributed by atoms with Crippen molar-refractivity contribution >= 4 is 5.91 Å². The molecule has 90 valence electrons. The van der Waals surface area contributed by atoms with Gasteiger partial charge < -0.3 is 19.5 Å². The van der Waals surface area contributed by atoms with Crippen molar-refractivity contribution in [2.75, 3.05) is 26.4 Å². The summed E-state index contributed by atoms with van der Waals surface area (Å²) in [5, 5.41) is 2.76. The SMILES string of the molecule is O=C1NCCOc2cc(OCC3CO3)ccc21. The monoisotopic (exact) mass is 235 g/mol. The van der Waals surface area contributed by atoms with Gasteiger partial charge in [-0.1, -0.05) is 0 Å². The topological polar surface area (TPSA) is 60.1 Å².